The summed E-state index contributed by atoms with van der Waals surface area (Å²) in [6, 6.07) is 0. The summed E-state index contributed by atoms with van der Waals surface area (Å²) < 4.78 is 5.67. The zero-order valence-electron chi connectivity index (χ0n) is 13.4. The lowest BCUT2D eigenvalue weighted by Crippen LogP contribution is -2.75. The van der Waals surface area contributed by atoms with Crippen molar-refractivity contribution in [1.82, 2.24) is 5.32 Å². The van der Waals surface area contributed by atoms with Crippen LogP contribution >= 0.6 is 0 Å². The quantitative estimate of drug-likeness (QED) is 0.811. The number of amides is 1. The first-order valence-corrected chi connectivity index (χ1v) is 8.00. The SMILES string of the molecule is CCOC1CC(N)(C(=O)NCC2CCC(C)C2)C1(C)C. The van der Waals surface area contributed by atoms with Crippen molar-refractivity contribution >= 4 is 5.91 Å². The largest absolute Gasteiger partial charge is 0.378 e. The molecule has 0 aliphatic heterocycles. The number of ether oxygens (including phenoxy) is 1. The van der Waals surface area contributed by atoms with Crippen molar-refractivity contribution in [2.24, 2.45) is 23.0 Å². The predicted octanol–water partition coefficient (Wildman–Crippen LogP) is 2.07. The molecule has 0 aromatic carbocycles. The minimum atomic E-state index is -0.781. The number of rotatable bonds is 5. The number of carbonyl (C=O) groups excluding carboxylic acids is 1. The summed E-state index contributed by atoms with van der Waals surface area (Å²) in [6.45, 7) is 9.78. The fourth-order valence-electron chi connectivity index (χ4n) is 3.73. The molecule has 20 heavy (non-hydrogen) atoms. The van der Waals surface area contributed by atoms with Crippen LogP contribution in [-0.2, 0) is 9.53 Å². The molecular formula is C16H30N2O2. The Morgan fingerprint density at radius 1 is 1.40 bits per heavy atom. The van der Waals surface area contributed by atoms with E-state index in [1.54, 1.807) is 0 Å². The normalized spacial score (nSPS) is 39.4. The lowest BCUT2D eigenvalue weighted by molar-refractivity contribution is -0.170. The topological polar surface area (TPSA) is 64.3 Å². The molecule has 4 heteroatoms. The first kappa shape index (κ1) is 15.8. The van der Waals surface area contributed by atoms with Crippen molar-refractivity contribution in [1.29, 1.82) is 0 Å². The Bertz CT molecular complexity index is 369. The summed E-state index contributed by atoms with van der Waals surface area (Å²) in [6.07, 6.45) is 4.45. The van der Waals surface area contributed by atoms with Gasteiger partial charge in [0, 0.05) is 25.0 Å². The molecule has 2 aliphatic rings. The Balaban J connectivity index is 1.86. The molecular weight excluding hydrogens is 252 g/mol. The molecule has 116 valence electrons. The Morgan fingerprint density at radius 3 is 2.60 bits per heavy atom. The third-order valence-electron chi connectivity index (χ3n) is 5.59. The van der Waals surface area contributed by atoms with Crippen LogP contribution in [0.3, 0.4) is 0 Å². The molecule has 3 N–H and O–H groups in total. The van der Waals surface area contributed by atoms with E-state index in [1.165, 1.54) is 19.3 Å². The third kappa shape index (κ3) is 2.60. The number of hydrogen-bond donors (Lipinski definition) is 2. The van der Waals surface area contributed by atoms with E-state index in [0.717, 1.165) is 12.5 Å². The molecule has 2 saturated carbocycles. The summed E-state index contributed by atoms with van der Waals surface area (Å²) in [5.74, 6) is 1.42. The molecule has 4 atom stereocenters. The number of nitrogens with one attached hydrogen (secondary N) is 1. The van der Waals surface area contributed by atoms with Crippen LogP contribution in [-0.4, -0.2) is 30.7 Å². The van der Waals surface area contributed by atoms with Crippen molar-refractivity contribution in [3.63, 3.8) is 0 Å². The Labute approximate surface area is 122 Å². The first-order chi connectivity index (χ1) is 9.31. The second-order valence-electron chi connectivity index (χ2n) is 7.34. The van der Waals surface area contributed by atoms with E-state index in [1.807, 2.05) is 20.8 Å². The number of hydrogen-bond acceptors (Lipinski definition) is 3. The van der Waals surface area contributed by atoms with Crippen LogP contribution in [0.25, 0.3) is 0 Å². The Morgan fingerprint density at radius 2 is 2.10 bits per heavy atom. The minimum absolute atomic E-state index is 0.00185. The zero-order valence-corrected chi connectivity index (χ0v) is 13.4. The van der Waals surface area contributed by atoms with Gasteiger partial charge in [0.2, 0.25) is 5.91 Å². The maximum absolute atomic E-state index is 12.5. The van der Waals surface area contributed by atoms with E-state index in [-0.39, 0.29) is 17.4 Å². The van der Waals surface area contributed by atoms with Gasteiger partial charge in [-0.2, -0.15) is 0 Å². The van der Waals surface area contributed by atoms with Crippen molar-refractivity contribution < 1.29 is 9.53 Å². The molecule has 4 nitrogen and oxygen atoms in total. The van der Waals surface area contributed by atoms with Crippen LogP contribution in [0.2, 0.25) is 0 Å². The highest BCUT2D eigenvalue weighted by Crippen LogP contribution is 2.49. The van der Waals surface area contributed by atoms with Gasteiger partial charge in [0.1, 0.15) is 5.54 Å². The van der Waals surface area contributed by atoms with Gasteiger partial charge in [0.25, 0.3) is 0 Å². The molecule has 2 fully saturated rings. The van der Waals surface area contributed by atoms with E-state index in [4.69, 9.17) is 10.5 Å². The maximum Gasteiger partial charge on any atom is 0.240 e. The van der Waals surface area contributed by atoms with E-state index >= 15 is 0 Å². The van der Waals surface area contributed by atoms with Gasteiger partial charge in [0.05, 0.1) is 6.10 Å². The van der Waals surface area contributed by atoms with E-state index in [0.29, 0.717) is 18.9 Å². The van der Waals surface area contributed by atoms with Crippen LogP contribution in [0, 0.1) is 17.3 Å². The van der Waals surface area contributed by atoms with Gasteiger partial charge in [-0.3, -0.25) is 4.79 Å². The minimum Gasteiger partial charge on any atom is -0.378 e. The lowest BCUT2D eigenvalue weighted by Gasteiger charge is -2.57. The third-order valence-corrected chi connectivity index (χ3v) is 5.59. The monoisotopic (exact) mass is 282 g/mol. The lowest BCUT2D eigenvalue weighted by atomic mass is 9.54. The average molecular weight is 282 g/mol. The van der Waals surface area contributed by atoms with Gasteiger partial charge in [-0.05, 0) is 31.6 Å². The molecule has 0 spiro atoms. The Kier molecular flexibility index (Phi) is 4.45. The standard InChI is InChI=1S/C16H30N2O2/c1-5-20-13-9-16(17,15(13,3)4)14(19)18-10-12-7-6-11(2)8-12/h11-13H,5-10,17H2,1-4H3,(H,18,19). The van der Waals surface area contributed by atoms with E-state index < -0.39 is 5.54 Å². The smallest absolute Gasteiger partial charge is 0.240 e. The molecule has 0 aromatic heterocycles. The van der Waals surface area contributed by atoms with Gasteiger partial charge in [0.15, 0.2) is 0 Å². The van der Waals surface area contributed by atoms with Gasteiger partial charge < -0.3 is 15.8 Å². The van der Waals surface area contributed by atoms with E-state index in [2.05, 4.69) is 12.2 Å². The molecule has 0 radical (unpaired) electrons. The summed E-state index contributed by atoms with van der Waals surface area (Å²) >= 11 is 0. The summed E-state index contributed by atoms with van der Waals surface area (Å²) in [5, 5.41) is 3.09. The van der Waals surface area contributed by atoms with Gasteiger partial charge in [-0.1, -0.05) is 27.2 Å². The van der Waals surface area contributed by atoms with Crippen molar-refractivity contribution in [2.45, 2.75) is 65.0 Å². The van der Waals surface area contributed by atoms with Crippen molar-refractivity contribution in [3.8, 4) is 0 Å². The number of carbonyl (C=O) groups is 1. The predicted molar refractivity (Wildman–Crippen MR) is 80.2 cm³/mol. The maximum atomic E-state index is 12.5. The average Bonchev–Trinajstić information content (AvgIpc) is 2.81. The Hall–Kier alpha value is -0.610. The molecule has 0 saturated heterocycles. The van der Waals surface area contributed by atoms with Crippen LogP contribution in [0.15, 0.2) is 0 Å². The van der Waals surface area contributed by atoms with Crippen LogP contribution < -0.4 is 11.1 Å². The highest BCUT2D eigenvalue weighted by molar-refractivity contribution is 5.88. The fraction of sp³-hybridized carbons (Fsp3) is 0.938. The van der Waals surface area contributed by atoms with Crippen LogP contribution in [0.4, 0.5) is 0 Å². The van der Waals surface area contributed by atoms with Crippen molar-refractivity contribution in [2.75, 3.05) is 13.2 Å². The van der Waals surface area contributed by atoms with Gasteiger partial charge >= 0.3 is 0 Å². The molecule has 0 heterocycles. The summed E-state index contributed by atoms with van der Waals surface area (Å²) in [4.78, 5) is 12.5. The van der Waals surface area contributed by atoms with Crippen LogP contribution in [0.1, 0.15) is 53.4 Å². The second-order valence-corrected chi connectivity index (χ2v) is 7.34. The van der Waals surface area contributed by atoms with Crippen molar-refractivity contribution in [3.05, 3.63) is 0 Å². The molecule has 1 amide bonds. The zero-order chi connectivity index (χ0) is 15.0. The van der Waals surface area contributed by atoms with Gasteiger partial charge in [-0.25, -0.2) is 0 Å². The molecule has 2 aliphatic carbocycles. The number of nitrogens with two attached hydrogens (primary N) is 1. The molecule has 0 aromatic rings. The molecule has 4 unspecified atom stereocenters. The highest BCUT2D eigenvalue weighted by Gasteiger charge is 2.62. The first-order valence-electron chi connectivity index (χ1n) is 8.00. The fourth-order valence-corrected chi connectivity index (χ4v) is 3.73. The van der Waals surface area contributed by atoms with E-state index in [9.17, 15) is 4.79 Å². The molecule has 0 bridgehead atoms. The second kappa shape index (κ2) is 5.64. The van der Waals surface area contributed by atoms with Crippen LogP contribution in [0.5, 0.6) is 0 Å². The van der Waals surface area contributed by atoms with Gasteiger partial charge in [-0.15, -0.1) is 0 Å². The molecule has 2 rings (SSSR count). The highest BCUT2D eigenvalue weighted by atomic mass is 16.5. The summed E-state index contributed by atoms with van der Waals surface area (Å²) in [7, 11) is 0. The summed E-state index contributed by atoms with van der Waals surface area (Å²) in [5.41, 5.74) is 5.29.